The third kappa shape index (κ3) is 2.97. The highest BCUT2D eigenvalue weighted by atomic mass is 16.3. The van der Waals surface area contributed by atoms with Gasteiger partial charge in [-0.1, -0.05) is 36.4 Å². The van der Waals surface area contributed by atoms with Crippen molar-refractivity contribution in [3.63, 3.8) is 0 Å². The van der Waals surface area contributed by atoms with Crippen LogP contribution in [0.1, 0.15) is 31.8 Å². The van der Waals surface area contributed by atoms with Gasteiger partial charge in [0.05, 0.1) is 23.8 Å². The van der Waals surface area contributed by atoms with Crippen LogP contribution < -0.4 is 5.32 Å². The van der Waals surface area contributed by atoms with E-state index in [0.29, 0.717) is 17.7 Å². The van der Waals surface area contributed by atoms with Gasteiger partial charge in [0, 0.05) is 12.6 Å². The molecule has 2 aliphatic rings. The van der Waals surface area contributed by atoms with Crippen LogP contribution in [0.4, 0.5) is 0 Å². The molecule has 0 bridgehead atoms. The Balaban J connectivity index is 1.33. The fourth-order valence-corrected chi connectivity index (χ4v) is 3.69. The van der Waals surface area contributed by atoms with Crippen LogP contribution in [0.15, 0.2) is 48.5 Å². The van der Waals surface area contributed by atoms with E-state index in [2.05, 4.69) is 17.4 Å². The van der Waals surface area contributed by atoms with Crippen LogP contribution in [-0.4, -0.2) is 47.1 Å². The van der Waals surface area contributed by atoms with Gasteiger partial charge in [0.1, 0.15) is 0 Å². The molecule has 1 aliphatic heterocycles. The number of β-amino-alcohol motifs (C(OH)–C–C–N with tert-alkyl or cyclic N) is 1. The molecule has 5 heteroatoms. The first-order valence-corrected chi connectivity index (χ1v) is 8.57. The number of fused-ring (bicyclic) bond motifs is 2. The minimum Gasteiger partial charge on any atom is -0.390 e. The van der Waals surface area contributed by atoms with E-state index >= 15 is 0 Å². The molecule has 1 atom stereocenters. The zero-order chi connectivity index (χ0) is 17.4. The highest BCUT2D eigenvalue weighted by molar-refractivity contribution is 6.21. The number of aliphatic hydroxyl groups is 1. The predicted molar refractivity (Wildman–Crippen MR) is 93.5 cm³/mol. The fourth-order valence-electron chi connectivity index (χ4n) is 3.69. The zero-order valence-electron chi connectivity index (χ0n) is 13.8. The second kappa shape index (κ2) is 6.43. The summed E-state index contributed by atoms with van der Waals surface area (Å²) >= 11 is 0. The normalized spacial score (nSPS) is 17.7. The van der Waals surface area contributed by atoms with E-state index in [0.717, 1.165) is 17.7 Å². The maximum atomic E-state index is 12.3. The van der Waals surface area contributed by atoms with Crippen molar-refractivity contribution in [1.82, 2.24) is 10.2 Å². The number of carbonyl (C=O) groups is 2. The van der Waals surface area contributed by atoms with Crippen molar-refractivity contribution in [2.75, 3.05) is 13.1 Å². The van der Waals surface area contributed by atoms with Crippen LogP contribution in [0.2, 0.25) is 0 Å². The molecule has 2 aromatic carbocycles. The molecule has 0 aromatic heterocycles. The van der Waals surface area contributed by atoms with Gasteiger partial charge >= 0.3 is 0 Å². The Morgan fingerprint density at radius 1 is 0.960 bits per heavy atom. The van der Waals surface area contributed by atoms with Gasteiger partial charge in [0.15, 0.2) is 0 Å². The number of nitrogens with one attached hydrogen (secondary N) is 1. The number of benzene rings is 2. The quantitative estimate of drug-likeness (QED) is 0.810. The Morgan fingerprint density at radius 2 is 1.48 bits per heavy atom. The average molecular weight is 336 g/mol. The molecule has 5 nitrogen and oxygen atoms in total. The summed E-state index contributed by atoms with van der Waals surface area (Å²) in [4.78, 5) is 25.8. The molecule has 2 amide bonds. The topological polar surface area (TPSA) is 69.6 Å². The lowest BCUT2D eigenvalue weighted by molar-refractivity contribution is 0.0541. The average Bonchev–Trinajstić information content (AvgIpc) is 3.15. The molecule has 0 fully saturated rings. The van der Waals surface area contributed by atoms with Gasteiger partial charge in [-0.3, -0.25) is 14.5 Å². The van der Waals surface area contributed by atoms with Crippen molar-refractivity contribution in [1.29, 1.82) is 0 Å². The second-order valence-electron chi connectivity index (χ2n) is 6.70. The summed E-state index contributed by atoms with van der Waals surface area (Å²) in [6.07, 6.45) is 1.09. The minimum atomic E-state index is -0.786. The first kappa shape index (κ1) is 16.0. The number of rotatable bonds is 5. The number of hydrogen-bond acceptors (Lipinski definition) is 4. The zero-order valence-corrected chi connectivity index (χ0v) is 13.8. The van der Waals surface area contributed by atoms with Crippen molar-refractivity contribution in [3.05, 3.63) is 70.8 Å². The van der Waals surface area contributed by atoms with Crippen LogP contribution in [0.3, 0.4) is 0 Å². The summed E-state index contributed by atoms with van der Waals surface area (Å²) in [7, 11) is 0. The van der Waals surface area contributed by atoms with Gasteiger partial charge in [0.25, 0.3) is 11.8 Å². The Bertz CT molecular complexity index is 773. The van der Waals surface area contributed by atoms with Crippen molar-refractivity contribution in [2.24, 2.45) is 0 Å². The summed E-state index contributed by atoms with van der Waals surface area (Å²) in [6.45, 7) is 0.366. The molecular formula is C20H20N2O3. The van der Waals surface area contributed by atoms with Gasteiger partial charge in [-0.2, -0.15) is 0 Å². The molecule has 1 aliphatic carbocycles. The number of carbonyl (C=O) groups excluding carboxylic acids is 2. The molecule has 2 aromatic rings. The number of nitrogens with zero attached hydrogens (tertiary/aromatic N) is 1. The number of imide groups is 1. The highest BCUT2D eigenvalue weighted by Gasteiger charge is 2.36. The van der Waals surface area contributed by atoms with Crippen LogP contribution in [-0.2, 0) is 12.8 Å². The van der Waals surface area contributed by atoms with Crippen molar-refractivity contribution >= 4 is 11.8 Å². The Morgan fingerprint density at radius 3 is 2.04 bits per heavy atom. The Labute approximate surface area is 146 Å². The summed E-state index contributed by atoms with van der Waals surface area (Å²) in [5.74, 6) is -0.652. The number of aliphatic hydroxyl groups excluding tert-OH is 1. The molecule has 0 saturated heterocycles. The van der Waals surface area contributed by atoms with Crippen molar-refractivity contribution in [2.45, 2.75) is 25.0 Å². The molecule has 0 saturated carbocycles. The lowest BCUT2D eigenvalue weighted by Gasteiger charge is -2.20. The summed E-state index contributed by atoms with van der Waals surface area (Å²) in [5, 5.41) is 13.6. The summed E-state index contributed by atoms with van der Waals surface area (Å²) < 4.78 is 0. The van der Waals surface area contributed by atoms with E-state index in [1.54, 1.807) is 24.3 Å². The van der Waals surface area contributed by atoms with Crippen LogP contribution in [0, 0.1) is 0 Å². The van der Waals surface area contributed by atoms with Crippen LogP contribution >= 0.6 is 0 Å². The molecule has 1 heterocycles. The van der Waals surface area contributed by atoms with E-state index in [1.807, 2.05) is 12.1 Å². The largest absolute Gasteiger partial charge is 0.390 e. The smallest absolute Gasteiger partial charge is 0.261 e. The SMILES string of the molecule is O=C1c2ccccc2C(=O)N1CC(O)CNC1Cc2ccccc2C1. The standard InChI is InChI=1S/C20H20N2O3/c23-16(11-21-15-9-13-5-1-2-6-14(13)10-15)12-22-19(24)17-7-3-4-8-18(17)20(22)25/h1-8,15-16,21,23H,9-12H2. The van der Waals surface area contributed by atoms with Crippen LogP contribution in [0.25, 0.3) is 0 Å². The van der Waals surface area contributed by atoms with E-state index in [1.165, 1.54) is 11.1 Å². The second-order valence-corrected chi connectivity index (χ2v) is 6.70. The molecule has 2 N–H and O–H groups in total. The van der Waals surface area contributed by atoms with E-state index in [9.17, 15) is 14.7 Å². The first-order valence-electron chi connectivity index (χ1n) is 8.57. The van der Waals surface area contributed by atoms with E-state index < -0.39 is 6.10 Å². The number of amides is 2. The van der Waals surface area contributed by atoms with Gasteiger partial charge in [-0.15, -0.1) is 0 Å². The third-order valence-corrected chi connectivity index (χ3v) is 4.96. The van der Waals surface area contributed by atoms with Gasteiger partial charge in [0.2, 0.25) is 0 Å². The lowest BCUT2D eigenvalue weighted by Crippen LogP contribution is -2.43. The number of hydrogen-bond donors (Lipinski definition) is 2. The highest BCUT2D eigenvalue weighted by Crippen LogP contribution is 2.23. The third-order valence-electron chi connectivity index (χ3n) is 4.96. The Kier molecular flexibility index (Phi) is 4.11. The molecular weight excluding hydrogens is 316 g/mol. The van der Waals surface area contributed by atoms with Gasteiger partial charge in [-0.25, -0.2) is 0 Å². The molecule has 4 rings (SSSR count). The van der Waals surface area contributed by atoms with Crippen molar-refractivity contribution < 1.29 is 14.7 Å². The van der Waals surface area contributed by atoms with E-state index in [-0.39, 0.29) is 24.4 Å². The van der Waals surface area contributed by atoms with Crippen molar-refractivity contribution in [3.8, 4) is 0 Å². The molecule has 0 radical (unpaired) electrons. The minimum absolute atomic E-state index is 0.0129. The van der Waals surface area contributed by atoms with E-state index in [4.69, 9.17) is 0 Å². The first-order chi connectivity index (χ1) is 12.1. The fraction of sp³-hybridized carbons (Fsp3) is 0.300. The Hall–Kier alpha value is -2.50. The lowest BCUT2D eigenvalue weighted by atomic mass is 10.1. The van der Waals surface area contributed by atoms with Gasteiger partial charge in [-0.05, 0) is 36.1 Å². The van der Waals surface area contributed by atoms with Crippen LogP contribution in [0.5, 0.6) is 0 Å². The maximum Gasteiger partial charge on any atom is 0.261 e. The molecule has 25 heavy (non-hydrogen) atoms. The molecule has 1 unspecified atom stereocenters. The predicted octanol–water partition coefficient (Wildman–Crippen LogP) is 1.40. The molecule has 0 spiro atoms. The molecule has 128 valence electrons. The summed E-state index contributed by atoms with van der Waals surface area (Å²) in [5.41, 5.74) is 3.52. The van der Waals surface area contributed by atoms with Gasteiger partial charge < -0.3 is 10.4 Å². The maximum absolute atomic E-state index is 12.3. The monoisotopic (exact) mass is 336 g/mol. The summed E-state index contributed by atoms with van der Waals surface area (Å²) in [6, 6.07) is 15.4.